The molecular weight excluding hydrogens is 264 g/mol. The van der Waals surface area contributed by atoms with Gasteiger partial charge in [-0.05, 0) is 48.1 Å². The Bertz CT molecular complexity index is 605. The Balaban J connectivity index is 2.12. The van der Waals surface area contributed by atoms with E-state index in [1.165, 1.54) is 18.2 Å². The van der Waals surface area contributed by atoms with E-state index in [9.17, 15) is 4.79 Å². The van der Waals surface area contributed by atoms with E-state index in [-0.39, 0.29) is 12.6 Å². The summed E-state index contributed by atoms with van der Waals surface area (Å²) in [6, 6.07) is 15.8. The minimum Gasteiger partial charge on any atom is -0.465 e. The van der Waals surface area contributed by atoms with Gasteiger partial charge in [0.2, 0.25) is 0 Å². The molecule has 0 atom stereocenters. The number of ether oxygens (including phenoxy) is 1. The maximum atomic E-state index is 11.5. The number of aliphatic hydroxyl groups excluding tert-OH is 1. The van der Waals surface area contributed by atoms with Crippen molar-refractivity contribution in [2.75, 3.05) is 13.7 Å². The number of carbonyl (C=O) groups is 1. The summed E-state index contributed by atoms with van der Waals surface area (Å²) in [5, 5.41) is 8.89. The Morgan fingerprint density at radius 1 is 1.05 bits per heavy atom. The fourth-order valence-electron chi connectivity index (χ4n) is 2.34. The van der Waals surface area contributed by atoms with Crippen LogP contribution < -0.4 is 0 Å². The van der Waals surface area contributed by atoms with Crippen molar-refractivity contribution in [2.45, 2.75) is 19.3 Å². The van der Waals surface area contributed by atoms with Crippen molar-refractivity contribution < 1.29 is 14.6 Å². The number of benzene rings is 2. The molecule has 3 nitrogen and oxygen atoms in total. The van der Waals surface area contributed by atoms with Crippen LogP contribution in [0.25, 0.3) is 0 Å². The molecule has 0 heterocycles. The smallest absolute Gasteiger partial charge is 0.337 e. The first-order valence-electron chi connectivity index (χ1n) is 7.09. The van der Waals surface area contributed by atoms with Gasteiger partial charge < -0.3 is 9.84 Å². The predicted molar refractivity (Wildman–Crippen MR) is 82.4 cm³/mol. The number of rotatable bonds is 6. The molecule has 0 fully saturated rings. The molecule has 0 aliphatic heterocycles. The standard InChI is InChI=1S/C18H20O3/c1-21-18(20)17-9-3-7-16(13-17)12-15-6-2-5-14(11-15)8-4-10-19/h2-3,5-7,9,11,13,19H,4,8,10,12H2,1H3. The quantitative estimate of drug-likeness (QED) is 0.829. The molecule has 0 bridgehead atoms. The van der Waals surface area contributed by atoms with Crippen LogP contribution >= 0.6 is 0 Å². The van der Waals surface area contributed by atoms with E-state index in [2.05, 4.69) is 18.2 Å². The van der Waals surface area contributed by atoms with Gasteiger partial charge in [-0.15, -0.1) is 0 Å². The maximum absolute atomic E-state index is 11.5. The van der Waals surface area contributed by atoms with Gasteiger partial charge in [-0.2, -0.15) is 0 Å². The van der Waals surface area contributed by atoms with Crippen LogP contribution in [0.2, 0.25) is 0 Å². The molecular formula is C18H20O3. The zero-order valence-corrected chi connectivity index (χ0v) is 12.2. The molecule has 2 aromatic rings. The molecule has 0 saturated heterocycles. The van der Waals surface area contributed by atoms with Crippen LogP contribution in [0.15, 0.2) is 48.5 Å². The summed E-state index contributed by atoms with van der Waals surface area (Å²) in [6.07, 6.45) is 2.44. The third-order valence-electron chi connectivity index (χ3n) is 3.37. The SMILES string of the molecule is COC(=O)c1cccc(Cc2cccc(CCCO)c2)c1. The Morgan fingerprint density at radius 3 is 2.43 bits per heavy atom. The van der Waals surface area contributed by atoms with E-state index in [4.69, 9.17) is 9.84 Å². The Hall–Kier alpha value is -2.13. The van der Waals surface area contributed by atoms with Gasteiger partial charge in [-0.3, -0.25) is 0 Å². The number of aliphatic hydroxyl groups is 1. The van der Waals surface area contributed by atoms with Crippen molar-refractivity contribution in [2.24, 2.45) is 0 Å². The monoisotopic (exact) mass is 284 g/mol. The first kappa shape index (κ1) is 15.3. The van der Waals surface area contributed by atoms with E-state index in [1.54, 1.807) is 6.07 Å². The first-order valence-corrected chi connectivity index (χ1v) is 7.09. The summed E-state index contributed by atoms with van der Waals surface area (Å²) in [7, 11) is 1.39. The van der Waals surface area contributed by atoms with Gasteiger partial charge in [0.15, 0.2) is 0 Å². The molecule has 1 N–H and O–H groups in total. The first-order chi connectivity index (χ1) is 10.2. The Labute approximate surface area is 125 Å². The van der Waals surface area contributed by atoms with Crippen LogP contribution in [0.4, 0.5) is 0 Å². The van der Waals surface area contributed by atoms with Crippen LogP contribution in [0, 0.1) is 0 Å². The lowest BCUT2D eigenvalue weighted by molar-refractivity contribution is 0.0600. The molecule has 0 unspecified atom stereocenters. The van der Waals surface area contributed by atoms with Gasteiger partial charge in [-0.1, -0.05) is 36.4 Å². The van der Waals surface area contributed by atoms with Crippen molar-refractivity contribution in [1.82, 2.24) is 0 Å². The van der Waals surface area contributed by atoms with E-state index >= 15 is 0 Å². The molecule has 0 amide bonds. The van der Waals surface area contributed by atoms with Gasteiger partial charge in [0.05, 0.1) is 12.7 Å². The molecule has 2 rings (SSSR count). The van der Waals surface area contributed by atoms with E-state index in [0.29, 0.717) is 5.56 Å². The fraction of sp³-hybridized carbons (Fsp3) is 0.278. The van der Waals surface area contributed by atoms with E-state index in [0.717, 1.165) is 24.8 Å². The second-order valence-corrected chi connectivity index (χ2v) is 5.02. The lowest BCUT2D eigenvalue weighted by Gasteiger charge is -2.07. The summed E-state index contributed by atoms with van der Waals surface area (Å²) in [5.74, 6) is -0.312. The van der Waals surface area contributed by atoms with Crippen LogP contribution in [0.5, 0.6) is 0 Å². The largest absolute Gasteiger partial charge is 0.465 e. The molecule has 2 aromatic carbocycles. The third kappa shape index (κ3) is 4.43. The van der Waals surface area contributed by atoms with Crippen LogP contribution in [-0.2, 0) is 17.6 Å². The molecule has 21 heavy (non-hydrogen) atoms. The lowest BCUT2D eigenvalue weighted by atomic mass is 10.00. The van der Waals surface area contributed by atoms with Crippen molar-refractivity contribution in [3.8, 4) is 0 Å². The van der Waals surface area contributed by atoms with E-state index in [1.807, 2.05) is 24.3 Å². The number of hydrogen-bond donors (Lipinski definition) is 1. The molecule has 110 valence electrons. The summed E-state index contributed by atoms with van der Waals surface area (Å²) < 4.78 is 4.74. The highest BCUT2D eigenvalue weighted by Gasteiger charge is 2.06. The third-order valence-corrected chi connectivity index (χ3v) is 3.37. The second kappa shape index (κ2) is 7.60. The van der Waals surface area contributed by atoms with Gasteiger partial charge in [0.25, 0.3) is 0 Å². The van der Waals surface area contributed by atoms with E-state index < -0.39 is 0 Å². The normalized spacial score (nSPS) is 10.4. The van der Waals surface area contributed by atoms with Gasteiger partial charge in [-0.25, -0.2) is 4.79 Å². The van der Waals surface area contributed by atoms with Crippen molar-refractivity contribution in [3.63, 3.8) is 0 Å². The van der Waals surface area contributed by atoms with Crippen LogP contribution in [0.1, 0.15) is 33.5 Å². The number of hydrogen-bond acceptors (Lipinski definition) is 3. The number of carbonyl (C=O) groups excluding carboxylic acids is 1. The molecule has 0 aliphatic rings. The molecule has 0 saturated carbocycles. The van der Waals surface area contributed by atoms with Crippen molar-refractivity contribution in [3.05, 3.63) is 70.8 Å². The Kier molecular flexibility index (Phi) is 5.52. The average Bonchev–Trinajstić information content (AvgIpc) is 2.53. The highest BCUT2D eigenvalue weighted by Crippen LogP contribution is 2.14. The maximum Gasteiger partial charge on any atom is 0.337 e. The average molecular weight is 284 g/mol. The van der Waals surface area contributed by atoms with Gasteiger partial charge in [0.1, 0.15) is 0 Å². The molecule has 0 radical (unpaired) electrons. The zero-order chi connectivity index (χ0) is 15.1. The number of esters is 1. The highest BCUT2D eigenvalue weighted by atomic mass is 16.5. The van der Waals surface area contributed by atoms with Gasteiger partial charge >= 0.3 is 5.97 Å². The van der Waals surface area contributed by atoms with Crippen LogP contribution in [0.3, 0.4) is 0 Å². The van der Waals surface area contributed by atoms with Gasteiger partial charge in [0, 0.05) is 6.61 Å². The predicted octanol–water partition coefficient (Wildman–Crippen LogP) is 2.99. The second-order valence-electron chi connectivity index (χ2n) is 5.02. The summed E-state index contributed by atoms with van der Waals surface area (Å²) in [5.41, 5.74) is 4.08. The minimum atomic E-state index is -0.312. The van der Waals surface area contributed by atoms with Crippen LogP contribution in [-0.4, -0.2) is 24.8 Å². The molecule has 0 aliphatic carbocycles. The fourth-order valence-corrected chi connectivity index (χ4v) is 2.34. The van der Waals surface area contributed by atoms with Crippen molar-refractivity contribution in [1.29, 1.82) is 0 Å². The topological polar surface area (TPSA) is 46.5 Å². The Morgan fingerprint density at radius 2 is 1.71 bits per heavy atom. The molecule has 0 aromatic heterocycles. The summed E-state index contributed by atoms with van der Waals surface area (Å²) in [4.78, 5) is 11.5. The zero-order valence-electron chi connectivity index (χ0n) is 12.2. The van der Waals surface area contributed by atoms with Crippen molar-refractivity contribution >= 4 is 5.97 Å². The summed E-state index contributed by atoms with van der Waals surface area (Å²) >= 11 is 0. The number of aryl methyl sites for hydroxylation is 1. The minimum absolute atomic E-state index is 0.214. The molecule has 0 spiro atoms. The molecule has 3 heteroatoms. The summed E-state index contributed by atoms with van der Waals surface area (Å²) in [6.45, 7) is 0.214. The number of methoxy groups -OCH3 is 1. The lowest BCUT2D eigenvalue weighted by Crippen LogP contribution is -2.02. The highest BCUT2D eigenvalue weighted by molar-refractivity contribution is 5.89.